The molecule has 146 valence electrons. The minimum Gasteiger partial charge on any atom is -0.492 e. The number of amides is 1. The van der Waals surface area contributed by atoms with E-state index >= 15 is 0 Å². The maximum absolute atomic E-state index is 12.3. The second kappa shape index (κ2) is 8.90. The van der Waals surface area contributed by atoms with Gasteiger partial charge in [0, 0.05) is 18.7 Å². The summed E-state index contributed by atoms with van der Waals surface area (Å²) in [6, 6.07) is 12.6. The molecule has 27 heavy (non-hydrogen) atoms. The molecule has 0 saturated heterocycles. The first kappa shape index (κ1) is 20.8. The lowest BCUT2D eigenvalue weighted by Crippen LogP contribution is -2.33. The quantitative estimate of drug-likeness (QED) is 0.749. The predicted molar refractivity (Wildman–Crippen MR) is 109 cm³/mol. The number of rotatable bonds is 8. The van der Waals surface area contributed by atoms with Crippen LogP contribution in [-0.2, 0) is 14.8 Å². The van der Waals surface area contributed by atoms with Gasteiger partial charge in [-0.1, -0.05) is 18.2 Å². The van der Waals surface area contributed by atoms with Crippen molar-refractivity contribution in [2.45, 2.75) is 27.2 Å². The molecule has 0 fully saturated rings. The van der Waals surface area contributed by atoms with E-state index in [9.17, 15) is 13.2 Å². The van der Waals surface area contributed by atoms with Gasteiger partial charge in [-0.2, -0.15) is 0 Å². The largest absolute Gasteiger partial charge is 0.492 e. The van der Waals surface area contributed by atoms with Crippen molar-refractivity contribution < 1.29 is 17.9 Å². The molecule has 0 bridgehead atoms. The Hall–Kier alpha value is -2.54. The number of hydrogen-bond donors (Lipinski definition) is 1. The van der Waals surface area contributed by atoms with E-state index in [0.717, 1.165) is 17.4 Å². The SMILES string of the molecule is CCOc1ccccc1N(CCC(=O)Nc1ccc(C)c(C)c1)S(C)(=O)=O. The summed E-state index contributed by atoms with van der Waals surface area (Å²) in [5.74, 6) is 0.223. The minimum absolute atomic E-state index is 0.0274. The zero-order valence-corrected chi connectivity index (χ0v) is 17.0. The van der Waals surface area contributed by atoms with Gasteiger partial charge >= 0.3 is 0 Å². The van der Waals surface area contributed by atoms with Crippen LogP contribution in [0.1, 0.15) is 24.5 Å². The van der Waals surface area contributed by atoms with Crippen LogP contribution in [0.15, 0.2) is 42.5 Å². The van der Waals surface area contributed by atoms with Crippen molar-refractivity contribution in [3.05, 3.63) is 53.6 Å². The van der Waals surface area contributed by atoms with Crippen LogP contribution in [0.4, 0.5) is 11.4 Å². The Kier molecular flexibility index (Phi) is 6.85. The van der Waals surface area contributed by atoms with Gasteiger partial charge in [-0.15, -0.1) is 0 Å². The highest BCUT2D eigenvalue weighted by atomic mass is 32.2. The normalized spacial score (nSPS) is 11.1. The number of para-hydroxylation sites is 2. The van der Waals surface area contributed by atoms with Crippen LogP contribution in [0.5, 0.6) is 5.75 Å². The molecule has 0 saturated carbocycles. The van der Waals surface area contributed by atoms with E-state index in [2.05, 4.69) is 5.32 Å². The van der Waals surface area contributed by atoms with Crippen molar-refractivity contribution in [1.82, 2.24) is 0 Å². The van der Waals surface area contributed by atoms with Crippen molar-refractivity contribution in [2.75, 3.05) is 29.0 Å². The van der Waals surface area contributed by atoms with Crippen molar-refractivity contribution in [3.8, 4) is 5.75 Å². The standard InChI is InChI=1S/C20H26N2O4S/c1-5-26-19-9-7-6-8-18(19)22(27(4,24)25)13-12-20(23)21-17-11-10-15(2)16(3)14-17/h6-11,14H,5,12-13H2,1-4H3,(H,21,23). The zero-order chi connectivity index (χ0) is 20.0. The molecule has 0 aliphatic carbocycles. The monoisotopic (exact) mass is 390 g/mol. The van der Waals surface area contributed by atoms with E-state index < -0.39 is 10.0 Å². The highest BCUT2D eigenvalue weighted by Gasteiger charge is 2.22. The Morgan fingerprint density at radius 2 is 1.81 bits per heavy atom. The number of benzene rings is 2. The number of hydrogen-bond acceptors (Lipinski definition) is 4. The van der Waals surface area contributed by atoms with Crippen molar-refractivity contribution in [1.29, 1.82) is 0 Å². The third kappa shape index (κ3) is 5.72. The van der Waals surface area contributed by atoms with Crippen molar-refractivity contribution in [3.63, 3.8) is 0 Å². The molecule has 0 radical (unpaired) electrons. The van der Waals surface area contributed by atoms with Crippen LogP contribution in [0.2, 0.25) is 0 Å². The smallest absolute Gasteiger partial charge is 0.232 e. The lowest BCUT2D eigenvalue weighted by Gasteiger charge is -2.24. The molecular formula is C20H26N2O4S. The van der Waals surface area contributed by atoms with Gasteiger partial charge in [-0.3, -0.25) is 9.10 Å². The Balaban J connectivity index is 2.13. The number of sulfonamides is 1. The summed E-state index contributed by atoms with van der Waals surface area (Å²) in [5, 5.41) is 2.82. The van der Waals surface area contributed by atoms with Crippen LogP contribution in [-0.4, -0.2) is 33.7 Å². The predicted octanol–water partition coefficient (Wildman–Crippen LogP) is 3.50. The fourth-order valence-corrected chi connectivity index (χ4v) is 3.58. The molecule has 1 amide bonds. The van der Waals surface area contributed by atoms with Gasteiger partial charge in [0.15, 0.2) is 0 Å². The van der Waals surface area contributed by atoms with Gasteiger partial charge < -0.3 is 10.1 Å². The number of aryl methyl sites for hydroxylation is 2. The second-order valence-electron chi connectivity index (χ2n) is 6.33. The number of nitrogens with zero attached hydrogens (tertiary/aromatic N) is 1. The summed E-state index contributed by atoms with van der Waals surface area (Å²) in [7, 11) is -3.57. The summed E-state index contributed by atoms with van der Waals surface area (Å²) in [5.41, 5.74) is 3.35. The van der Waals surface area contributed by atoms with Crippen LogP contribution in [0, 0.1) is 13.8 Å². The molecule has 2 rings (SSSR count). The van der Waals surface area contributed by atoms with Gasteiger partial charge in [0.25, 0.3) is 0 Å². The molecule has 0 aliphatic heterocycles. The number of carbonyl (C=O) groups excluding carboxylic acids is 1. The van der Waals surface area contributed by atoms with Crippen LogP contribution in [0.25, 0.3) is 0 Å². The molecule has 7 heteroatoms. The Morgan fingerprint density at radius 1 is 1.11 bits per heavy atom. The number of nitrogens with one attached hydrogen (secondary N) is 1. The molecule has 1 N–H and O–H groups in total. The second-order valence-corrected chi connectivity index (χ2v) is 8.24. The van der Waals surface area contributed by atoms with Crippen molar-refractivity contribution >= 4 is 27.3 Å². The average molecular weight is 391 g/mol. The molecule has 0 aromatic heterocycles. The molecule has 0 heterocycles. The lowest BCUT2D eigenvalue weighted by atomic mass is 10.1. The third-order valence-corrected chi connectivity index (χ3v) is 5.35. The highest BCUT2D eigenvalue weighted by Crippen LogP contribution is 2.30. The molecule has 0 unspecified atom stereocenters. The first-order valence-corrected chi connectivity index (χ1v) is 10.6. The minimum atomic E-state index is -3.57. The molecule has 0 atom stereocenters. The Labute approximate surface area is 161 Å². The van der Waals surface area contributed by atoms with E-state index in [4.69, 9.17) is 4.74 Å². The molecule has 2 aromatic rings. The van der Waals surface area contributed by atoms with Gasteiger partial charge in [0.2, 0.25) is 15.9 Å². The molecule has 6 nitrogen and oxygen atoms in total. The zero-order valence-electron chi connectivity index (χ0n) is 16.2. The van der Waals surface area contributed by atoms with Gasteiger partial charge in [0.05, 0.1) is 18.6 Å². The summed E-state index contributed by atoms with van der Waals surface area (Å²) in [6.07, 6.45) is 1.15. The van der Waals surface area contributed by atoms with E-state index in [0.29, 0.717) is 23.7 Å². The number of carbonyl (C=O) groups is 1. The van der Waals surface area contributed by atoms with E-state index in [-0.39, 0.29) is 18.9 Å². The lowest BCUT2D eigenvalue weighted by molar-refractivity contribution is -0.116. The van der Waals surface area contributed by atoms with E-state index in [1.165, 1.54) is 4.31 Å². The summed E-state index contributed by atoms with van der Waals surface area (Å²) in [6.45, 7) is 6.25. The summed E-state index contributed by atoms with van der Waals surface area (Å²) in [4.78, 5) is 12.3. The van der Waals surface area contributed by atoms with Crippen molar-refractivity contribution in [2.24, 2.45) is 0 Å². The summed E-state index contributed by atoms with van der Waals surface area (Å²) < 4.78 is 31.3. The highest BCUT2D eigenvalue weighted by molar-refractivity contribution is 7.92. The number of ether oxygens (including phenoxy) is 1. The van der Waals surface area contributed by atoms with Gasteiger partial charge in [-0.25, -0.2) is 8.42 Å². The molecular weight excluding hydrogens is 364 g/mol. The van der Waals surface area contributed by atoms with Crippen LogP contribution in [0.3, 0.4) is 0 Å². The summed E-state index contributed by atoms with van der Waals surface area (Å²) >= 11 is 0. The van der Waals surface area contributed by atoms with Crippen LogP contribution >= 0.6 is 0 Å². The topological polar surface area (TPSA) is 75.7 Å². The van der Waals surface area contributed by atoms with Crippen LogP contribution < -0.4 is 14.4 Å². The van der Waals surface area contributed by atoms with Gasteiger partial charge in [-0.05, 0) is 56.2 Å². The van der Waals surface area contributed by atoms with E-state index in [1.807, 2.05) is 39.0 Å². The maximum Gasteiger partial charge on any atom is 0.232 e. The van der Waals surface area contributed by atoms with Gasteiger partial charge in [0.1, 0.15) is 5.75 Å². The Morgan fingerprint density at radius 3 is 2.44 bits per heavy atom. The molecule has 0 spiro atoms. The fraction of sp³-hybridized carbons (Fsp3) is 0.350. The van der Waals surface area contributed by atoms with E-state index in [1.54, 1.807) is 24.3 Å². The first-order valence-electron chi connectivity index (χ1n) is 8.79. The average Bonchev–Trinajstić information content (AvgIpc) is 2.59. The first-order chi connectivity index (χ1) is 12.7. The fourth-order valence-electron chi connectivity index (χ4n) is 2.65. The maximum atomic E-state index is 12.3. The molecule has 2 aromatic carbocycles. The third-order valence-electron chi connectivity index (χ3n) is 4.17. The molecule has 0 aliphatic rings. The Bertz CT molecular complexity index is 910. The number of anilines is 2.